The molecule has 0 aromatic heterocycles. The third kappa shape index (κ3) is 4.17. The molecule has 1 fully saturated rings. The molecule has 18 heavy (non-hydrogen) atoms. The fourth-order valence-corrected chi connectivity index (χ4v) is 4.15. The molecule has 1 saturated carbocycles. The van der Waals surface area contributed by atoms with E-state index in [0.717, 1.165) is 24.5 Å². The normalized spacial score (nSPS) is 28.9. The lowest BCUT2D eigenvalue weighted by Crippen LogP contribution is -2.34. The van der Waals surface area contributed by atoms with E-state index in [2.05, 4.69) is 26.8 Å². The first-order valence-corrected chi connectivity index (χ1v) is 8.22. The van der Waals surface area contributed by atoms with Gasteiger partial charge in [0.05, 0.1) is 12.0 Å². The van der Waals surface area contributed by atoms with Crippen LogP contribution in [0.15, 0.2) is 0 Å². The van der Waals surface area contributed by atoms with Crippen LogP contribution in [0.25, 0.3) is 0 Å². The van der Waals surface area contributed by atoms with Crippen LogP contribution in [0.4, 0.5) is 0 Å². The summed E-state index contributed by atoms with van der Waals surface area (Å²) in [7, 11) is 0. The Balaban J connectivity index is 2.58. The van der Waals surface area contributed by atoms with Crippen molar-refractivity contribution in [2.75, 3.05) is 12.4 Å². The monoisotopic (exact) mass is 269 g/mol. The zero-order chi connectivity index (χ0) is 13.6. The first kappa shape index (κ1) is 15.9. The Morgan fingerprint density at radius 2 is 2.11 bits per heavy atom. The molecular formula is C15H27NOS. The molecule has 3 atom stereocenters. The standard InChI is InChI=1S/C15H27NOS/c1-4-15(2,3)13-7-6-12(11-16)14(10-13)18-9-5-8-17/h12-14,17H,4-10H2,1-3H3. The van der Waals surface area contributed by atoms with Gasteiger partial charge < -0.3 is 5.11 Å². The van der Waals surface area contributed by atoms with Gasteiger partial charge in [0, 0.05) is 11.9 Å². The van der Waals surface area contributed by atoms with Gasteiger partial charge in [-0.3, -0.25) is 0 Å². The van der Waals surface area contributed by atoms with Crippen LogP contribution in [-0.4, -0.2) is 22.7 Å². The van der Waals surface area contributed by atoms with Crippen LogP contribution in [0, 0.1) is 28.6 Å². The van der Waals surface area contributed by atoms with Gasteiger partial charge in [-0.25, -0.2) is 0 Å². The van der Waals surface area contributed by atoms with E-state index in [1.807, 2.05) is 11.8 Å². The summed E-state index contributed by atoms with van der Waals surface area (Å²) in [6.45, 7) is 7.25. The zero-order valence-corrected chi connectivity index (χ0v) is 12.8. The predicted molar refractivity (Wildman–Crippen MR) is 78.5 cm³/mol. The van der Waals surface area contributed by atoms with Crippen LogP contribution < -0.4 is 0 Å². The Kier molecular flexibility index (Phi) is 6.52. The van der Waals surface area contributed by atoms with Gasteiger partial charge in [-0.1, -0.05) is 27.2 Å². The van der Waals surface area contributed by atoms with Gasteiger partial charge in [0.2, 0.25) is 0 Å². The second-order valence-electron chi connectivity index (χ2n) is 6.07. The Hall–Kier alpha value is -0.200. The first-order chi connectivity index (χ1) is 8.55. The van der Waals surface area contributed by atoms with Crippen molar-refractivity contribution in [3.63, 3.8) is 0 Å². The number of nitrogens with zero attached hydrogens (tertiary/aromatic N) is 1. The second-order valence-corrected chi connectivity index (χ2v) is 7.42. The van der Waals surface area contributed by atoms with E-state index in [1.54, 1.807) is 0 Å². The third-order valence-electron chi connectivity index (χ3n) is 4.61. The van der Waals surface area contributed by atoms with Gasteiger partial charge in [0.25, 0.3) is 0 Å². The fourth-order valence-electron chi connectivity index (χ4n) is 2.76. The van der Waals surface area contributed by atoms with Crippen molar-refractivity contribution in [1.29, 1.82) is 5.26 Å². The number of nitriles is 1. The molecule has 2 nitrogen and oxygen atoms in total. The van der Waals surface area contributed by atoms with Gasteiger partial charge in [-0.05, 0) is 42.8 Å². The Morgan fingerprint density at radius 1 is 1.39 bits per heavy atom. The van der Waals surface area contributed by atoms with Crippen LogP contribution in [0.3, 0.4) is 0 Å². The molecule has 1 aliphatic carbocycles. The fraction of sp³-hybridized carbons (Fsp3) is 0.933. The summed E-state index contributed by atoms with van der Waals surface area (Å²) in [4.78, 5) is 0. The van der Waals surface area contributed by atoms with Crippen LogP contribution >= 0.6 is 11.8 Å². The van der Waals surface area contributed by atoms with Crippen molar-refractivity contribution in [3.05, 3.63) is 0 Å². The maximum absolute atomic E-state index is 9.25. The number of rotatable bonds is 6. The maximum atomic E-state index is 9.25. The molecule has 1 aliphatic rings. The quantitative estimate of drug-likeness (QED) is 0.745. The molecule has 104 valence electrons. The van der Waals surface area contributed by atoms with Crippen LogP contribution in [-0.2, 0) is 0 Å². The molecule has 3 heteroatoms. The highest BCUT2D eigenvalue weighted by Crippen LogP contribution is 2.45. The third-order valence-corrected chi connectivity index (χ3v) is 6.08. The SMILES string of the molecule is CCC(C)(C)C1CCC(C#N)C(SCCCO)C1. The van der Waals surface area contributed by atoms with Gasteiger partial charge >= 0.3 is 0 Å². The molecule has 0 amide bonds. The largest absolute Gasteiger partial charge is 0.396 e. The van der Waals surface area contributed by atoms with Gasteiger partial charge in [0.15, 0.2) is 0 Å². The highest BCUT2D eigenvalue weighted by Gasteiger charge is 2.37. The van der Waals surface area contributed by atoms with E-state index in [9.17, 15) is 5.26 Å². The Labute approximate surface area is 116 Å². The van der Waals surface area contributed by atoms with E-state index in [-0.39, 0.29) is 12.5 Å². The minimum absolute atomic E-state index is 0.220. The minimum atomic E-state index is 0.220. The van der Waals surface area contributed by atoms with Crippen LogP contribution in [0.1, 0.15) is 52.9 Å². The van der Waals surface area contributed by atoms with Crippen LogP contribution in [0.2, 0.25) is 0 Å². The van der Waals surface area contributed by atoms with E-state index in [0.29, 0.717) is 10.7 Å². The van der Waals surface area contributed by atoms with E-state index in [1.165, 1.54) is 19.3 Å². The lowest BCUT2D eigenvalue weighted by Gasteiger charge is -2.41. The molecule has 0 radical (unpaired) electrons. The van der Waals surface area contributed by atoms with Crippen molar-refractivity contribution >= 4 is 11.8 Å². The molecule has 1 rings (SSSR count). The van der Waals surface area contributed by atoms with Crippen molar-refractivity contribution in [2.45, 2.75) is 58.1 Å². The molecule has 0 aromatic carbocycles. The molecular weight excluding hydrogens is 242 g/mol. The molecule has 0 aromatic rings. The van der Waals surface area contributed by atoms with Crippen molar-refractivity contribution in [3.8, 4) is 6.07 Å². The van der Waals surface area contributed by atoms with Crippen molar-refractivity contribution in [1.82, 2.24) is 0 Å². The summed E-state index contributed by atoms with van der Waals surface area (Å²) in [5, 5.41) is 18.6. The number of hydrogen-bond acceptors (Lipinski definition) is 3. The van der Waals surface area contributed by atoms with E-state index in [4.69, 9.17) is 5.11 Å². The number of thioether (sulfide) groups is 1. The summed E-state index contributed by atoms with van der Waals surface area (Å²) < 4.78 is 0. The molecule has 0 spiro atoms. The smallest absolute Gasteiger partial charge is 0.0667 e. The zero-order valence-electron chi connectivity index (χ0n) is 12.0. The van der Waals surface area contributed by atoms with Gasteiger partial charge in [-0.2, -0.15) is 17.0 Å². The van der Waals surface area contributed by atoms with Crippen molar-refractivity contribution in [2.24, 2.45) is 17.3 Å². The summed E-state index contributed by atoms with van der Waals surface area (Å²) in [5.74, 6) is 1.95. The molecule has 0 bridgehead atoms. The summed E-state index contributed by atoms with van der Waals surface area (Å²) >= 11 is 1.90. The molecule has 1 N–H and O–H groups in total. The van der Waals surface area contributed by atoms with Crippen LogP contribution in [0.5, 0.6) is 0 Å². The lowest BCUT2D eigenvalue weighted by molar-refractivity contribution is 0.144. The maximum Gasteiger partial charge on any atom is 0.0667 e. The molecule has 0 heterocycles. The number of hydrogen-bond donors (Lipinski definition) is 1. The topological polar surface area (TPSA) is 44.0 Å². The van der Waals surface area contributed by atoms with E-state index >= 15 is 0 Å². The first-order valence-electron chi connectivity index (χ1n) is 7.17. The highest BCUT2D eigenvalue weighted by molar-refractivity contribution is 7.99. The van der Waals surface area contributed by atoms with E-state index < -0.39 is 0 Å². The van der Waals surface area contributed by atoms with Crippen molar-refractivity contribution < 1.29 is 5.11 Å². The number of aliphatic hydroxyl groups is 1. The summed E-state index contributed by atoms with van der Waals surface area (Å²) in [5.41, 5.74) is 0.399. The van der Waals surface area contributed by atoms with Gasteiger partial charge in [0.1, 0.15) is 0 Å². The lowest BCUT2D eigenvalue weighted by atomic mass is 9.67. The summed E-state index contributed by atoms with van der Waals surface area (Å²) in [6.07, 6.45) is 5.50. The Bertz CT molecular complexity index is 285. The average Bonchev–Trinajstić information content (AvgIpc) is 2.39. The molecule has 3 unspecified atom stereocenters. The minimum Gasteiger partial charge on any atom is -0.396 e. The summed E-state index contributed by atoms with van der Waals surface area (Å²) in [6, 6.07) is 2.49. The second kappa shape index (κ2) is 7.40. The van der Waals surface area contributed by atoms with Gasteiger partial charge in [-0.15, -0.1) is 0 Å². The molecule has 0 saturated heterocycles. The highest BCUT2D eigenvalue weighted by atomic mass is 32.2. The Morgan fingerprint density at radius 3 is 2.67 bits per heavy atom. The number of aliphatic hydroxyl groups excluding tert-OH is 1. The molecule has 0 aliphatic heterocycles. The average molecular weight is 269 g/mol. The predicted octanol–water partition coefficient (Wildman–Crippen LogP) is 3.85.